The van der Waals surface area contributed by atoms with Gasteiger partial charge in [-0.1, -0.05) is 30.3 Å². The lowest BCUT2D eigenvalue weighted by Crippen LogP contribution is -2.52. The number of esters is 1. The lowest BCUT2D eigenvalue weighted by molar-refractivity contribution is -0.183. The maximum atomic E-state index is 12.2. The molecule has 0 spiro atoms. The normalized spacial score (nSPS) is 14.7. The quantitative estimate of drug-likeness (QED) is 0.813. The summed E-state index contributed by atoms with van der Waals surface area (Å²) in [6.45, 7) is -1.92. The third-order valence-corrected chi connectivity index (χ3v) is 2.81. The summed E-state index contributed by atoms with van der Waals surface area (Å²) in [6, 6.07) is 8.31. The highest BCUT2D eigenvalue weighted by Crippen LogP contribution is 2.24. The second-order valence-corrected chi connectivity index (χ2v) is 4.12. The van der Waals surface area contributed by atoms with E-state index < -0.39 is 30.9 Å². The van der Waals surface area contributed by atoms with Crippen LogP contribution in [0.5, 0.6) is 0 Å². The van der Waals surface area contributed by atoms with E-state index in [0.29, 0.717) is 5.56 Å². The van der Waals surface area contributed by atoms with Gasteiger partial charge in [-0.2, -0.15) is 13.2 Å². The zero-order chi connectivity index (χ0) is 15.2. The van der Waals surface area contributed by atoms with Crippen LogP contribution in [0.15, 0.2) is 30.3 Å². The van der Waals surface area contributed by atoms with Gasteiger partial charge in [-0.25, -0.2) is 4.79 Å². The summed E-state index contributed by atoms with van der Waals surface area (Å²) in [5.41, 5.74) is -1.00. The van der Waals surface area contributed by atoms with Gasteiger partial charge >= 0.3 is 12.1 Å². The first kappa shape index (κ1) is 16.5. The Hall–Kier alpha value is -1.60. The molecule has 1 rings (SSSR count). The van der Waals surface area contributed by atoms with Gasteiger partial charge in [0.15, 0.2) is 5.54 Å². The van der Waals surface area contributed by atoms with E-state index in [0.717, 1.165) is 0 Å². The summed E-state index contributed by atoms with van der Waals surface area (Å²) in [5, 5.41) is 2.70. The molecule has 0 saturated carbocycles. The van der Waals surface area contributed by atoms with Crippen LogP contribution in [-0.2, 0) is 19.8 Å². The first-order valence-corrected chi connectivity index (χ1v) is 5.83. The van der Waals surface area contributed by atoms with Crippen molar-refractivity contribution in [2.45, 2.75) is 11.7 Å². The smallest absolute Gasteiger partial charge is 0.411 e. The number of nitrogens with one attached hydrogen (secondary N) is 1. The van der Waals surface area contributed by atoms with E-state index in [4.69, 9.17) is 0 Å². The van der Waals surface area contributed by atoms with E-state index in [-0.39, 0.29) is 0 Å². The number of benzene rings is 1. The minimum Gasteiger partial charge on any atom is -0.467 e. The first-order chi connectivity index (χ1) is 9.35. The maximum absolute atomic E-state index is 12.2. The molecule has 1 unspecified atom stereocenters. The van der Waals surface area contributed by atoms with Gasteiger partial charge in [0, 0.05) is 0 Å². The average Bonchev–Trinajstić information content (AvgIpc) is 2.43. The van der Waals surface area contributed by atoms with Gasteiger partial charge in [0.2, 0.25) is 0 Å². The number of methoxy groups -OCH3 is 1. The molecule has 0 aliphatic rings. The number of carbonyl (C=O) groups is 1. The number of halogens is 3. The Morgan fingerprint density at radius 1 is 1.20 bits per heavy atom. The van der Waals surface area contributed by atoms with Crippen molar-refractivity contribution < 1.29 is 27.4 Å². The van der Waals surface area contributed by atoms with Crippen LogP contribution in [0, 0.1) is 0 Å². The molecule has 0 fully saturated rings. The number of rotatable bonds is 6. The second-order valence-electron chi connectivity index (χ2n) is 4.12. The predicted octanol–water partition coefficient (Wildman–Crippen LogP) is 1.85. The minimum absolute atomic E-state index is 0.469. The van der Waals surface area contributed by atoms with Gasteiger partial charge in [0.25, 0.3) is 0 Å². The number of hydrogen-bond acceptors (Lipinski definition) is 4. The van der Waals surface area contributed by atoms with Crippen LogP contribution in [0.2, 0.25) is 0 Å². The highest BCUT2D eigenvalue weighted by molar-refractivity contribution is 5.82. The minimum atomic E-state index is -4.45. The highest BCUT2D eigenvalue weighted by Gasteiger charge is 2.41. The summed E-state index contributed by atoms with van der Waals surface area (Å²) in [6.07, 6.45) is -4.45. The van der Waals surface area contributed by atoms with Crippen molar-refractivity contribution in [2.24, 2.45) is 0 Å². The molecule has 0 amide bonds. The van der Waals surface area contributed by atoms with Crippen molar-refractivity contribution in [2.75, 3.05) is 27.4 Å². The van der Waals surface area contributed by atoms with Crippen molar-refractivity contribution in [3.05, 3.63) is 35.9 Å². The fraction of sp³-hybridized carbons (Fsp3) is 0.462. The van der Waals surface area contributed by atoms with E-state index in [1.54, 1.807) is 30.3 Å². The molecule has 20 heavy (non-hydrogen) atoms. The molecule has 7 heteroatoms. The lowest BCUT2D eigenvalue weighted by atomic mass is 9.91. The Labute approximate surface area is 114 Å². The molecule has 112 valence electrons. The van der Waals surface area contributed by atoms with E-state index >= 15 is 0 Å². The second kappa shape index (κ2) is 6.71. The van der Waals surface area contributed by atoms with Crippen LogP contribution < -0.4 is 5.32 Å². The maximum Gasteiger partial charge on any atom is 0.411 e. The molecule has 0 aliphatic heterocycles. The number of alkyl halides is 3. The molecule has 1 N–H and O–H groups in total. The number of hydrogen-bond donors (Lipinski definition) is 1. The zero-order valence-corrected chi connectivity index (χ0v) is 11.2. The lowest BCUT2D eigenvalue weighted by Gasteiger charge is -2.31. The third kappa shape index (κ3) is 3.94. The van der Waals surface area contributed by atoms with Crippen molar-refractivity contribution in [3.63, 3.8) is 0 Å². The van der Waals surface area contributed by atoms with E-state index in [1.807, 2.05) is 0 Å². The molecular formula is C13H16F3NO3. The monoisotopic (exact) mass is 291 g/mol. The molecule has 0 saturated heterocycles. The van der Waals surface area contributed by atoms with Crippen LogP contribution in [0.4, 0.5) is 13.2 Å². The summed E-state index contributed by atoms with van der Waals surface area (Å²) in [7, 11) is 2.63. The van der Waals surface area contributed by atoms with Gasteiger partial charge < -0.3 is 9.47 Å². The van der Waals surface area contributed by atoms with Crippen molar-refractivity contribution >= 4 is 5.97 Å². The van der Waals surface area contributed by atoms with Gasteiger partial charge in [-0.15, -0.1) is 0 Å². The van der Waals surface area contributed by atoms with Crippen LogP contribution in [0.3, 0.4) is 0 Å². The summed E-state index contributed by atoms with van der Waals surface area (Å²) in [4.78, 5) is 12.0. The largest absolute Gasteiger partial charge is 0.467 e. The van der Waals surface area contributed by atoms with Crippen LogP contribution in [0.25, 0.3) is 0 Å². The van der Waals surface area contributed by atoms with Gasteiger partial charge in [-0.3, -0.25) is 5.32 Å². The van der Waals surface area contributed by atoms with Crippen LogP contribution in [-0.4, -0.2) is 39.5 Å². The predicted molar refractivity (Wildman–Crippen MR) is 66.1 cm³/mol. The van der Waals surface area contributed by atoms with Crippen molar-refractivity contribution in [1.82, 2.24) is 5.32 Å². The Kier molecular flexibility index (Phi) is 5.52. The number of likely N-dealkylation sites (N-methyl/N-ethyl adjacent to an activating group) is 1. The Bertz CT molecular complexity index is 436. The molecule has 0 aromatic heterocycles. The van der Waals surface area contributed by atoms with Crippen molar-refractivity contribution in [1.29, 1.82) is 0 Å². The Morgan fingerprint density at radius 2 is 1.80 bits per heavy atom. The Morgan fingerprint density at radius 3 is 2.25 bits per heavy atom. The van der Waals surface area contributed by atoms with Gasteiger partial charge in [0.1, 0.15) is 6.61 Å². The molecule has 0 heterocycles. The van der Waals surface area contributed by atoms with E-state index in [9.17, 15) is 18.0 Å². The van der Waals surface area contributed by atoms with Crippen LogP contribution >= 0.6 is 0 Å². The highest BCUT2D eigenvalue weighted by atomic mass is 19.4. The first-order valence-electron chi connectivity index (χ1n) is 5.83. The fourth-order valence-electron chi connectivity index (χ4n) is 1.80. The molecule has 1 aromatic rings. The topological polar surface area (TPSA) is 47.6 Å². The zero-order valence-electron chi connectivity index (χ0n) is 11.2. The molecule has 0 aliphatic carbocycles. The molecule has 0 radical (unpaired) electrons. The third-order valence-electron chi connectivity index (χ3n) is 2.81. The number of ether oxygens (including phenoxy) is 2. The molecular weight excluding hydrogens is 275 g/mol. The SMILES string of the molecule is CNC(COCC(F)(F)F)(C(=O)OC)c1ccccc1. The molecule has 0 bridgehead atoms. The van der Waals surface area contributed by atoms with Gasteiger partial charge in [-0.05, 0) is 12.6 Å². The molecule has 1 aromatic carbocycles. The van der Waals surface area contributed by atoms with Gasteiger partial charge in [0.05, 0.1) is 13.7 Å². The van der Waals surface area contributed by atoms with E-state index in [1.165, 1.54) is 14.2 Å². The number of carbonyl (C=O) groups excluding carboxylic acids is 1. The summed E-state index contributed by atoms with van der Waals surface area (Å²) >= 11 is 0. The van der Waals surface area contributed by atoms with E-state index in [2.05, 4.69) is 14.8 Å². The van der Waals surface area contributed by atoms with Crippen molar-refractivity contribution in [3.8, 4) is 0 Å². The Balaban J connectivity index is 2.98. The van der Waals surface area contributed by atoms with Crippen LogP contribution in [0.1, 0.15) is 5.56 Å². The fourth-order valence-corrected chi connectivity index (χ4v) is 1.80. The molecule has 1 atom stereocenters. The molecule has 4 nitrogen and oxygen atoms in total. The average molecular weight is 291 g/mol. The summed E-state index contributed by atoms with van der Waals surface area (Å²) < 4.78 is 45.8. The summed E-state index contributed by atoms with van der Waals surface area (Å²) in [5.74, 6) is -0.714. The standard InChI is InChI=1S/C13H16F3NO3/c1-17-12(11(18)19-2,8-20-9-13(14,15)16)10-6-4-3-5-7-10/h3-7,17H,8-9H2,1-2H3.